The van der Waals surface area contributed by atoms with Crippen LogP contribution in [-0.2, 0) is 0 Å². The Hall–Kier alpha value is -2.35. The van der Waals surface area contributed by atoms with E-state index in [1.54, 1.807) is 0 Å². The number of nitrogens with zero attached hydrogens (tertiary/aromatic N) is 1. The highest BCUT2D eigenvalue weighted by Crippen LogP contribution is 2.26. The molecule has 0 aliphatic carbocycles. The summed E-state index contributed by atoms with van der Waals surface area (Å²) in [4.78, 5) is 0. The van der Waals surface area contributed by atoms with Crippen molar-refractivity contribution in [2.75, 3.05) is 0 Å². The van der Waals surface area contributed by atoms with Gasteiger partial charge in [-0.1, -0.05) is 18.2 Å². The van der Waals surface area contributed by atoms with Crippen molar-refractivity contribution in [1.29, 1.82) is 0 Å². The number of aryl methyl sites for hydroxylation is 1. The van der Waals surface area contributed by atoms with Gasteiger partial charge in [0.15, 0.2) is 0 Å². The van der Waals surface area contributed by atoms with Crippen molar-refractivity contribution in [3.63, 3.8) is 0 Å². The van der Waals surface area contributed by atoms with Crippen LogP contribution in [0.5, 0.6) is 0 Å². The second kappa shape index (κ2) is 4.73. The van der Waals surface area contributed by atoms with Gasteiger partial charge in [0.1, 0.15) is 5.82 Å². The second-order valence-corrected chi connectivity index (χ2v) is 4.54. The van der Waals surface area contributed by atoms with Crippen molar-refractivity contribution in [3.8, 4) is 16.9 Å². The van der Waals surface area contributed by atoms with E-state index in [9.17, 15) is 4.39 Å². The van der Waals surface area contributed by atoms with Crippen LogP contribution >= 0.6 is 0 Å². The zero-order valence-corrected chi connectivity index (χ0v) is 10.7. The molecule has 2 aromatic carbocycles. The van der Waals surface area contributed by atoms with E-state index in [0.29, 0.717) is 0 Å². The Bertz CT molecular complexity index is 681. The molecular formula is C17H14FN. The van der Waals surface area contributed by atoms with Gasteiger partial charge in [0.2, 0.25) is 0 Å². The van der Waals surface area contributed by atoms with Gasteiger partial charge in [0.05, 0.1) is 5.69 Å². The summed E-state index contributed by atoms with van der Waals surface area (Å²) in [6.45, 7) is 2.07. The third-order valence-electron chi connectivity index (χ3n) is 3.23. The molecule has 19 heavy (non-hydrogen) atoms. The van der Waals surface area contributed by atoms with E-state index in [0.717, 1.165) is 22.6 Å². The minimum absolute atomic E-state index is 0.210. The highest BCUT2D eigenvalue weighted by atomic mass is 19.1. The Morgan fingerprint density at radius 3 is 2.16 bits per heavy atom. The van der Waals surface area contributed by atoms with Gasteiger partial charge in [-0.2, -0.15) is 0 Å². The van der Waals surface area contributed by atoms with E-state index in [1.807, 2.05) is 30.3 Å². The molecule has 1 nitrogen and oxygen atoms in total. The first kappa shape index (κ1) is 11.7. The maximum absolute atomic E-state index is 13.0. The Kier molecular flexibility index (Phi) is 2.92. The number of rotatable bonds is 2. The SMILES string of the molecule is Cc1ccc(-c2ccc(F)cc2)n1-c1ccccc1. The highest BCUT2D eigenvalue weighted by molar-refractivity contribution is 5.64. The molecule has 94 valence electrons. The smallest absolute Gasteiger partial charge is 0.123 e. The van der Waals surface area contributed by atoms with Gasteiger partial charge < -0.3 is 4.57 Å². The average molecular weight is 251 g/mol. The van der Waals surface area contributed by atoms with Crippen molar-refractivity contribution in [2.45, 2.75) is 6.92 Å². The van der Waals surface area contributed by atoms with Crippen LogP contribution in [-0.4, -0.2) is 4.57 Å². The maximum Gasteiger partial charge on any atom is 0.123 e. The molecule has 0 unspecified atom stereocenters. The lowest BCUT2D eigenvalue weighted by Gasteiger charge is -2.12. The average Bonchev–Trinajstić information content (AvgIpc) is 2.82. The number of aromatic nitrogens is 1. The summed E-state index contributed by atoms with van der Waals surface area (Å²) in [5.74, 6) is -0.210. The zero-order chi connectivity index (χ0) is 13.2. The van der Waals surface area contributed by atoms with Crippen molar-refractivity contribution in [1.82, 2.24) is 4.57 Å². The van der Waals surface area contributed by atoms with Crippen molar-refractivity contribution in [2.24, 2.45) is 0 Å². The predicted molar refractivity (Wildman–Crippen MR) is 75.9 cm³/mol. The number of halogens is 1. The maximum atomic E-state index is 13.0. The molecule has 3 rings (SSSR count). The van der Waals surface area contributed by atoms with Crippen LogP contribution in [0, 0.1) is 12.7 Å². The summed E-state index contributed by atoms with van der Waals surface area (Å²) in [5, 5.41) is 0. The van der Waals surface area contributed by atoms with E-state index >= 15 is 0 Å². The summed E-state index contributed by atoms with van der Waals surface area (Å²) in [7, 11) is 0. The standard InChI is InChI=1S/C17H14FN/c1-13-7-12-17(14-8-10-15(18)11-9-14)19(13)16-5-3-2-4-6-16/h2-12H,1H3. The molecular weight excluding hydrogens is 237 g/mol. The number of hydrogen-bond donors (Lipinski definition) is 0. The fraction of sp³-hybridized carbons (Fsp3) is 0.0588. The second-order valence-electron chi connectivity index (χ2n) is 4.54. The molecule has 0 spiro atoms. The Morgan fingerprint density at radius 2 is 1.47 bits per heavy atom. The molecule has 0 aliphatic rings. The third kappa shape index (κ3) is 2.17. The van der Waals surface area contributed by atoms with Gasteiger partial charge in [-0.05, 0) is 61.0 Å². The fourth-order valence-corrected chi connectivity index (χ4v) is 2.30. The van der Waals surface area contributed by atoms with Crippen LogP contribution in [0.1, 0.15) is 5.69 Å². The van der Waals surface area contributed by atoms with Crippen LogP contribution in [0.25, 0.3) is 16.9 Å². The summed E-state index contributed by atoms with van der Waals surface area (Å²) in [6.07, 6.45) is 0. The minimum Gasteiger partial charge on any atom is -0.314 e. The van der Waals surface area contributed by atoms with Gasteiger partial charge in [-0.25, -0.2) is 4.39 Å². The molecule has 0 N–H and O–H groups in total. The van der Waals surface area contributed by atoms with Crippen molar-refractivity contribution < 1.29 is 4.39 Å². The molecule has 1 heterocycles. The van der Waals surface area contributed by atoms with Crippen LogP contribution < -0.4 is 0 Å². The summed E-state index contributed by atoms with van der Waals surface area (Å²) in [5.41, 5.74) is 4.36. The van der Waals surface area contributed by atoms with E-state index < -0.39 is 0 Å². The van der Waals surface area contributed by atoms with Gasteiger partial charge >= 0.3 is 0 Å². The zero-order valence-electron chi connectivity index (χ0n) is 10.7. The molecule has 0 saturated heterocycles. The molecule has 0 aliphatic heterocycles. The molecule has 2 heteroatoms. The van der Waals surface area contributed by atoms with Crippen LogP contribution in [0.2, 0.25) is 0 Å². The lowest BCUT2D eigenvalue weighted by Crippen LogP contribution is -1.98. The number of hydrogen-bond acceptors (Lipinski definition) is 0. The van der Waals surface area contributed by atoms with Crippen molar-refractivity contribution >= 4 is 0 Å². The van der Waals surface area contributed by atoms with Crippen LogP contribution in [0.3, 0.4) is 0 Å². The van der Waals surface area contributed by atoms with Crippen molar-refractivity contribution in [3.05, 3.63) is 78.2 Å². The Morgan fingerprint density at radius 1 is 0.789 bits per heavy atom. The molecule has 0 amide bonds. The van der Waals surface area contributed by atoms with Gasteiger partial charge in [-0.15, -0.1) is 0 Å². The topological polar surface area (TPSA) is 4.93 Å². The first-order chi connectivity index (χ1) is 9.25. The number of benzene rings is 2. The molecule has 0 atom stereocenters. The largest absolute Gasteiger partial charge is 0.314 e. The monoisotopic (exact) mass is 251 g/mol. The highest BCUT2D eigenvalue weighted by Gasteiger charge is 2.08. The number of para-hydroxylation sites is 1. The van der Waals surface area contributed by atoms with Crippen LogP contribution in [0.15, 0.2) is 66.7 Å². The first-order valence-electron chi connectivity index (χ1n) is 6.25. The summed E-state index contributed by atoms with van der Waals surface area (Å²) in [6, 6.07) is 20.9. The minimum atomic E-state index is -0.210. The molecule has 3 aromatic rings. The lowest BCUT2D eigenvalue weighted by molar-refractivity contribution is 0.628. The predicted octanol–water partition coefficient (Wildman–Crippen LogP) is 4.59. The fourth-order valence-electron chi connectivity index (χ4n) is 2.30. The van der Waals surface area contributed by atoms with Gasteiger partial charge in [0, 0.05) is 11.4 Å². The molecule has 0 fully saturated rings. The Labute approximate surface area is 111 Å². The quantitative estimate of drug-likeness (QED) is 0.627. The molecule has 0 saturated carbocycles. The van der Waals surface area contributed by atoms with E-state index in [4.69, 9.17) is 0 Å². The first-order valence-corrected chi connectivity index (χ1v) is 6.25. The molecule has 1 aromatic heterocycles. The van der Waals surface area contributed by atoms with E-state index in [2.05, 4.69) is 35.8 Å². The molecule has 0 bridgehead atoms. The molecule has 0 radical (unpaired) electrons. The van der Waals surface area contributed by atoms with E-state index in [-0.39, 0.29) is 5.82 Å². The van der Waals surface area contributed by atoms with Gasteiger partial charge in [-0.3, -0.25) is 0 Å². The normalized spacial score (nSPS) is 10.6. The lowest BCUT2D eigenvalue weighted by atomic mass is 10.1. The van der Waals surface area contributed by atoms with E-state index in [1.165, 1.54) is 12.1 Å². The summed E-state index contributed by atoms with van der Waals surface area (Å²) < 4.78 is 15.2. The van der Waals surface area contributed by atoms with Gasteiger partial charge in [0.25, 0.3) is 0 Å². The summed E-state index contributed by atoms with van der Waals surface area (Å²) >= 11 is 0. The van der Waals surface area contributed by atoms with Crippen LogP contribution in [0.4, 0.5) is 4.39 Å². The third-order valence-corrected chi connectivity index (χ3v) is 3.23. The Balaban J connectivity index is 2.16.